The number of carbonyl (C=O) groups excluding carboxylic acids is 1. The van der Waals surface area contributed by atoms with E-state index in [9.17, 15) is 9.90 Å². The van der Waals surface area contributed by atoms with Crippen LogP contribution in [0, 0.1) is 0 Å². The molecule has 20 heavy (non-hydrogen) atoms. The van der Waals surface area contributed by atoms with E-state index in [4.69, 9.17) is 16.3 Å². The first-order chi connectivity index (χ1) is 9.47. The standard InChI is InChI=1S/C14H17BrClNO3/c1-9(14(19)17-6-4-11(18)5-7-17)20-13-3-2-10(16)8-12(13)15/h2-3,8-9,11,18H,4-7H2,1H3. The van der Waals surface area contributed by atoms with Gasteiger partial charge in [0.25, 0.3) is 5.91 Å². The van der Waals surface area contributed by atoms with Crippen molar-refractivity contribution in [2.45, 2.75) is 32.0 Å². The summed E-state index contributed by atoms with van der Waals surface area (Å²) in [5.41, 5.74) is 0. The van der Waals surface area contributed by atoms with E-state index in [0.717, 1.165) is 4.47 Å². The van der Waals surface area contributed by atoms with Gasteiger partial charge in [-0.3, -0.25) is 4.79 Å². The molecular weight excluding hydrogens is 346 g/mol. The Morgan fingerprint density at radius 1 is 1.50 bits per heavy atom. The molecular formula is C14H17BrClNO3. The van der Waals surface area contributed by atoms with Crippen molar-refractivity contribution < 1.29 is 14.6 Å². The smallest absolute Gasteiger partial charge is 0.263 e. The van der Waals surface area contributed by atoms with Gasteiger partial charge >= 0.3 is 0 Å². The summed E-state index contributed by atoms with van der Waals surface area (Å²) in [6.45, 7) is 2.89. The Balaban J connectivity index is 1.97. The highest BCUT2D eigenvalue weighted by Gasteiger charge is 2.26. The highest BCUT2D eigenvalue weighted by atomic mass is 79.9. The second kappa shape index (κ2) is 6.78. The number of likely N-dealkylation sites (tertiary alicyclic amines) is 1. The van der Waals surface area contributed by atoms with Gasteiger partial charge in [-0.15, -0.1) is 0 Å². The molecule has 1 fully saturated rings. The van der Waals surface area contributed by atoms with Gasteiger partial charge in [-0.1, -0.05) is 11.6 Å². The Labute approximate surface area is 131 Å². The monoisotopic (exact) mass is 361 g/mol. The Kier molecular flexibility index (Phi) is 5.29. The number of aliphatic hydroxyl groups excluding tert-OH is 1. The van der Waals surface area contributed by atoms with Crippen LogP contribution in [-0.2, 0) is 4.79 Å². The van der Waals surface area contributed by atoms with E-state index < -0.39 is 6.10 Å². The summed E-state index contributed by atoms with van der Waals surface area (Å²) < 4.78 is 6.40. The molecule has 6 heteroatoms. The zero-order valence-corrected chi connectivity index (χ0v) is 13.5. The lowest BCUT2D eigenvalue weighted by Gasteiger charge is -2.31. The van der Waals surface area contributed by atoms with Crippen LogP contribution in [0.5, 0.6) is 5.75 Å². The van der Waals surface area contributed by atoms with Gasteiger partial charge in [0.2, 0.25) is 0 Å². The van der Waals surface area contributed by atoms with Crippen LogP contribution >= 0.6 is 27.5 Å². The fourth-order valence-corrected chi connectivity index (χ4v) is 2.93. The lowest BCUT2D eigenvalue weighted by Crippen LogP contribution is -2.45. The summed E-state index contributed by atoms with van der Waals surface area (Å²) in [6, 6.07) is 5.18. The summed E-state index contributed by atoms with van der Waals surface area (Å²) in [4.78, 5) is 14.0. The maximum Gasteiger partial charge on any atom is 0.263 e. The van der Waals surface area contributed by atoms with Gasteiger partial charge < -0.3 is 14.7 Å². The van der Waals surface area contributed by atoms with Crippen molar-refractivity contribution in [3.8, 4) is 5.75 Å². The number of benzene rings is 1. The molecule has 1 aliphatic heterocycles. The van der Waals surface area contributed by atoms with Crippen LogP contribution in [0.25, 0.3) is 0 Å². The molecule has 4 nitrogen and oxygen atoms in total. The third-order valence-electron chi connectivity index (χ3n) is 3.32. The first-order valence-corrected chi connectivity index (χ1v) is 7.73. The summed E-state index contributed by atoms with van der Waals surface area (Å²) in [5.74, 6) is 0.533. The van der Waals surface area contributed by atoms with E-state index in [1.54, 1.807) is 30.0 Å². The van der Waals surface area contributed by atoms with Crippen molar-refractivity contribution in [3.05, 3.63) is 27.7 Å². The van der Waals surface area contributed by atoms with Crippen LogP contribution in [0.15, 0.2) is 22.7 Å². The van der Waals surface area contributed by atoms with Crippen LogP contribution in [0.1, 0.15) is 19.8 Å². The highest BCUT2D eigenvalue weighted by Crippen LogP contribution is 2.29. The normalized spacial score (nSPS) is 17.9. The molecule has 0 spiro atoms. The number of carbonyl (C=O) groups is 1. The molecule has 1 aliphatic rings. The van der Waals surface area contributed by atoms with Crippen molar-refractivity contribution in [2.75, 3.05) is 13.1 Å². The van der Waals surface area contributed by atoms with E-state index in [1.807, 2.05) is 0 Å². The second-order valence-electron chi connectivity index (χ2n) is 4.89. The van der Waals surface area contributed by atoms with Crippen molar-refractivity contribution in [1.82, 2.24) is 4.90 Å². The molecule has 0 saturated carbocycles. The third-order valence-corrected chi connectivity index (χ3v) is 4.18. The molecule has 0 bridgehead atoms. The summed E-state index contributed by atoms with van der Waals surface area (Å²) in [6.07, 6.45) is 0.398. The topological polar surface area (TPSA) is 49.8 Å². The maximum atomic E-state index is 12.3. The largest absolute Gasteiger partial charge is 0.480 e. The van der Waals surface area contributed by atoms with E-state index in [-0.39, 0.29) is 12.0 Å². The van der Waals surface area contributed by atoms with Gasteiger partial charge in [0.15, 0.2) is 6.10 Å². The fraction of sp³-hybridized carbons (Fsp3) is 0.500. The van der Waals surface area contributed by atoms with Gasteiger partial charge in [-0.25, -0.2) is 0 Å². The molecule has 1 saturated heterocycles. The minimum Gasteiger partial charge on any atom is -0.480 e. The highest BCUT2D eigenvalue weighted by molar-refractivity contribution is 9.10. The van der Waals surface area contributed by atoms with Crippen LogP contribution < -0.4 is 4.74 Å². The third kappa shape index (κ3) is 3.87. The van der Waals surface area contributed by atoms with Crippen LogP contribution in [0.4, 0.5) is 0 Å². The van der Waals surface area contributed by atoms with E-state index >= 15 is 0 Å². The van der Waals surface area contributed by atoms with Crippen molar-refractivity contribution in [2.24, 2.45) is 0 Å². The van der Waals surface area contributed by atoms with Crippen molar-refractivity contribution in [3.63, 3.8) is 0 Å². The first kappa shape index (κ1) is 15.6. The molecule has 1 unspecified atom stereocenters. The number of hydrogen-bond donors (Lipinski definition) is 1. The van der Waals surface area contributed by atoms with Gasteiger partial charge in [-0.05, 0) is 53.9 Å². The fourth-order valence-electron chi connectivity index (χ4n) is 2.15. The average molecular weight is 363 g/mol. The molecule has 2 rings (SSSR count). The minimum atomic E-state index is -0.567. The molecule has 1 heterocycles. The predicted octanol–water partition coefficient (Wildman–Crippen LogP) is 2.85. The first-order valence-electron chi connectivity index (χ1n) is 6.56. The second-order valence-corrected chi connectivity index (χ2v) is 6.18. The number of piperidine rings is 1. The van der Waals surface area contributed by atoms with Crippen LogP contribution in [0.2, 0.25) is 5.02 Å². The Morgan fingerprint density at radius 3 is 2.75 bits per heavy atom. The molecule has 0 radical (unpaired) electrons. The number of nitrogens with zero attached hydrogens (tertiary/aromatic N) is 1. The molecule has 0 aliphatic carbocycles. The lowest BCUT2D eigenvalue weighted by molar-refractivity contribution is -0.140. The lowest BCUT2D eigenvalue weighted by atomic mass is 10.1. The van der Waals surface area contributed by atoms with E-state index in [2.05, 4.69) is 15.9 Å². The SMILES string of the molecule is CC(Oc1ccc(Cl)cc1Br)C(=O)N1CCC(O)CC1. The molecule has 1 aromatic carbocycles. The molecule has 1 aromatic rings. The van der Waals surface area contributed by atoms with Gasteiger partial charge in [-0.2, -0.15) is 0 Å². The van der Waals surface area contributed by atoms with Gasteiger partial charge in [0, 0.05) is 18.1 Å². The van der Waals surface area contributed by atoms with Crippen molar-refractivity contribution in [1.29, 1.82) is 0 Å². The Morgan fingerprint density at radius 2 is 2.15 bits per heavy atom. The molecule has 0 aromatic heterocycles. The van der Waals surface area contributed by atoms with E-state index in [0.29, 0.717) is 36.7 Å². The van der Waals surface area contributed by atoms with Gasteiger partial charge in [0.05, 0.1) is 10.6 Å². The molecule has 1 atom stereocenters. The zero-order chi connectivity index (χ0) is 14.7. The number of aliphatic hydroxyl groups is 1. The number of ether oxygens (including phenoxy) is 1. The molecule has 1 N–H and O–H groups in total. The Hall–Kier alpha value is -0.780. The van der Waals surface area contributed by atoms with Crippen LogP contribution in [0.3, 0.4) is 0 Å². The number of halogens is 2. The number of amides is 1. The molecule has 1 amide bonds. The van der Waals surface area contributed by atoms with Crippen molar-refractivity contribution >= 4 is 33.4 Å². The van der Waals surface area contributed by atoms with Crippen LogP contribution in [-0.4, -0.2) is 41.2 Å². The summed E-state index contributed by atoms with van der Waals surface area (Å²) >= 11 is 9.23. The summed E-state index contributed by atoms with van der Waals surface area (Å²) in [5, 5.41) is 10.1. The maximum absolute atomic E-state index is 12.3. The zero-order valence-electron chi connectivity index (χ0n) is 11.2. The van der Waals surface area contributed by atoms with E-state index in [1.165, 1.54) is 0 Å². The Bertz CT molecular complexity index is 489. The minimum absolute atomic E-state index is 0.0567. The summed E-state index contributed by atoms with van der Waals surface area (Å²) in [7, 11) is 0. The average Bonchev–Trinajstić information content (AvgIpc) is 2.42. The van der Waals surface area contributed by atoms with Gasteiger partial charge in [0.1, 0.15) is 5.75 Å². The molecule has 110 valence electrons. The number of rotatable bonds is 3. The number of hydrogen-bond acceptors (Lipinski definition) is 3. The predicted molar refractivity (Wildman–Crippen MR) is 81.1 cm³/mol. The quantitative estimate of drug-likeness (QED) is 0.899.